The Kier molecular flexibility index (Phi) is 3.10. The van der Waals surface area contributed by atoms with Crippen LogP contribution in [-0.4, -0.2) is 10.1 Å². The van der Waals surface area contributed by atoms with E-state index in [1.165, 1.54) is 6.20 Å². The lowest BCUT2D eigenvalue weighted by molar-refractivity contribution is 0.145. The average molecular weight is 198 g/mol. The van der Waals surface area contributed by atoms with E-state index >= 15 is 0 Å². The Balaban J connectivity index is 3.43. The molecule has 0 bridgehead atoms. The van der Waals surface area contributed by atoms with Gasteiger partial charge < -0.3 is 5.11 Å². The molecule has 74 valence electrons. The first-order chi connectivity index (χ1) is 6.61. The van der Waals surface area contributed by atoms with Crippen LogP contribution < -0.4 is 0 Å². The van der Waals surface area contributed by atoms with Gasteiger partial charge >= 0.3 is 0 Å². The van der Waals surface area contributed by atoms with Crippen molar-refractivity contribution >= 4 is 0 Å². The second-order valence-electron chi connectivity index (χ2n) is 2.75. The van der Waals surface area contributed by atoms with Crippen molar-refractivity contribution in [2.24, 2.45) is 0 Å². The highest BCUT2D eigenvalue weighted by Gasteiger charge is 2.18. The molecule has 1 N–H and O–H groups in total. The number of rotatable bonds is 2. The molecule has 0 aliphatic rings. The largest absolute Gasteiger partial charge is 0.392 e. The molecule has 0 amide bonds. The number of halogens is 2. The third-order valence-electron chi connectivity index (χ3n) is 1.91. The van der Waals surface area contributed by atoms with Crippen LogP contribution in [0.2, 0.25) is 0 Å². The van der Waals surface area contributed by atoms with E-state index in [4.69, 9.17) is 10.4 Å². The number of nitriles is 1. The van der Waals surface area contributed by atoms with Crippen LogP contribution in [0.15, 0.2) is 6.20 Å². The molecule has 1 aromatic heterocycles. The molecule has 0 fully saturated rings. The standard InChI is InChI=1S/C9H8F2N2O/c1-5-3-13-8(9(10)11)6(2-12)7(5)4-14/h3,9,14H,4H2,1H3. The molecule has 0 unspecified atom stereocenters. The molecule has 0 aliphatic heterocycles. The minimum atomic E-state index is -2.80. The molecular formula is C9H8F2N2O. The van der Waals surface area contributed by atoms with E-state index < -0.39 is 18.7 Å². The summed E-state index contributed by atoms with van der Waals surface area (Å²) < 4.78 is 24.7. The lowest BCUT2D eigenvalue weighted by Crippen LogP contribution is -2.03. The summed E-state index contributed by atoms with van der Waals surface area (Å²) in [4.78, 5) is 3.47. The first-order valence-electron chi connectivity index (χ1n) is 3.89. The third-order valence-corrected chi connectivity index (χ3v) is 1.91. The SMILES string of the molecule is Cc1cnc(C(F)F)c(C#N)c1CO. The Morgan fingerprint density at radius 1 is 1.64 bits per heavy atom. The van der Waals surface area contributed by atoms with Gasteiger partial charge in [0.1, 0.15) is 11.8 Å². The first kappa shape index (κ1) is 10.5. The number of hydrogen-bond donors (Lipinski definition) is 1. The Labute approximate surface area is 79.6 Å². The highest BCUT2D eigenvalue weighted by Crippen LogP contribution is 2.24. The lowest BCUT2D eigenvalue weighted by atomic mass is 10.0. The van der Waals surface area contributed by atoms with Gasteiger partial charge in [-0.1, -0.05) is 0 Å². The Bertz CT molecular complexity index is 385. The van der Waals surface area contributed by atoms with Crippen molar-refractivity contribution in [3.8, 4) is 6.07 Å². The van der Waals surface area contributed by atoms with E-state index in [9.17, 15) is 8.78 Å². The summed E-state index contributed by atoms with van der Waals surface area (Å²) in [5, 5.41) is 17.6. The van der Waals surface area contributed by atoms with Gasteiger partial charge in [-0.05, 0) is 12.5 Å². The molecule has 0 radical (unpaired) electrons. The zero-order valence-corrected chi connectivity index (χ0v) is 7.46. The summed E-state index contributed by atoms with van der Waals surface area (Å²) in [6.45, 7) is 1.17. The van der Waals surface area contributed by atoms with Gasteiger partial charge in [0, 0.05) is 11.8 Å². The molecular weight excluding hydrogens is 190 g/mol. The zero-order chi connectivity index (χ0) is 10.7. The topological polar surface area (TPSA) is 56.9 Å². The number of aryl methyl sites for hydroxylation is 1. The molecule has 0 spiro atoms. The second kappa shape index (κ2) is 4.11. The van der Waals surface area contributed by atoms with E-state index in [2.05, 4.69) is 4.98 Å². The van der Waals surface area contributed by atoms with E-state index in [0.29, 0.717) is 5.56 Å². The normalized spacial score (nSPS) is 10.3. The van der Waals surface area contributed by atoms with Crippen molar-refractivity contribution in [1.82, 2.24) is 4.98 Å². The maximum Gasteiger partial charge on any atom is 0.281 e. The molecule has 5 heteroatoms. The van der Waals surface area contributed by atoms with Crippen LogP contribution in [0.1, 0.15) is 28.8 Å². The maximum atomic E-state index is 12.4. The summed E-state index contributed by atoms with van der Waals surface area (Å²) in [5.74, 6) is 0. The van der Waals surface area contributed by atoms with Crippen molar-refractivity contribution in [2.75, 3.05) is 0 Å². The summed E-state index contributed by atoms with van der Waals surface area (Å²) in [6, 6.07) is 1.63. The van der Waals surface area contributed by atoms with Crippen LogP contribution in [0.5, 0.6) is 0 Å². The van der Waals surface area contributed by atoms with Crippen LogP contribution in [0.3, 0.4) is 0 Å². The maximum absolute atomic E-state index is 12.4. The van der Waals surface area contributed by atoms with Gasteiger partial charge in [0.2, 0.25) is 0 Å². The van der Waals surface area contributed by atoms with Crippen molar-refractivity contribution in [3.63, 3.8) is 0 Å². The third kappa shape index (κ3) is 1.70. The lowest BCUT2D eigenvalue weighted by Gasteiger charge is -2.08. The fraction of sp³-hybridized carbons (Fsp3) is 0.333. The van der Waals surface area contributed by atoms with Gasteiger partial charge in [-0.15, -0.1) is 0 Å². The van der Waals surface area contributed by atoms with E-state index in [1.54, 1.807) is 13.0 Å². The number of aliphatic hydroxyl groups excluding tert-OH is 1. The molecule has 0 aromatic carbocycles. The van der Waals surface area contributed by atoms with E-state index in [0.717, 1.165) is 0 Å². The van der Waals surface area contributed by atoms with Gasteiger partial charge in [-0.25, -0.2) is 8.78 Å². The fourth-order valence-corrected chi connectivity index (χ4v) is 1.15. The zero-order valence-electron chi connectivity index (χ0n) is 7.46. The van der Waals surface area contributed by atoms with Crippen LogP contribution in [0.25, 0.3) is 0 Å². The number of hydrogen-bond acceptors (Lipinski definition) is 3. The van der Waals surface area contributed by atoms with Crippen molar-refractivity contribution in [2.45, 2.75) is 20.0 Å². The number of alkyl halides is 2. The average Bonchev–Trinajstić information content (AvgIpc) is 2.16. The summed E-state index contributed by atoms with van der Waals surface area (Å²) in [6.07, 6.45) is -1.57. The number of nitrogens with zero attached hydrogens (tertiary/aromatic N) is 2. The highest BCUT2D eigenvalue weighted by atomic mass is 19.3. The minimum absolute atomic E-state index is 0.220. The highest BCUT2D eigenvalue weighted by molar-refractivity contribution is 5.44. The second-order valence-corrected chi connectivity index (χ2v) is 2.75. The van der Waals surface area contributed by atoms with Gasteiger partial charge in [0.05, 0.1) is 12.2 Å². The quantitative estimate of drug-likeness (QED) is 0.786. The summed E-state index contributed by atoms with van der Waals surface area (Å²) in [7, 11) is 0. The smallest absolute Gasteiger partial charge is 0.281 e. The van der Waals surface area contributed by atoms with Crippen LogP contribution >= 0.6 is 0 Å². The molecule has 1 heterocycles. The van der Waals surface area contributed by atoms with E-state index in [-0.39, 0.29) is 11.1 Å². The summed E-state index contributed by atoms with van der Waals surface area (Å²) in [5.41, 5.74) is -0.0316. The molecule has 14 heavy (non-hydrogen) atoms. The predicted molar refractivity (Wildman–Crippen MR) is 44.6 cm³/mol. The van der Waals surface area contributed by atoms with Crippen molar-refractivity contribution in [1.29, 1.82) is 5.26 Å². The molecule has 0 atom stereocenters. The first-order valence-corrected chi connectivity index (χ1v) is 3.89. The minimum Gasteiger partial charge on any atom is -0.392 e. The molecule has 1 aromatic rings. The monoisotopic (exact) mass is 198 g/mol. The van der Waals surface area contributed by atoms with Gasteiger partial charge in [0.15, 0.2) is 0 Å². The summed E-state index contributed by atoms with van der Waals surface area (Å²) >= 11 is 0. The number of pyridine rings is 1. The predicted octanol–water partition coefficient (Wildman–Crippen LogP) is 1.69. The van der Waals surface area contributed by atoms with Gasteiger partial charge in [0.25, 0.3) is 6.43 Å². The number of aliphatic hydroxyl groups is 1. The molecule has 0 saturated heterocycles. The van der Waals surface area contributed by atoms with E-state index in [1.807, 2.05) is 0 Å². The molecule has 1 rings (SSSR count). The Morgan fingerprint density at radius 3 is 2.71 bits per heavy atom. The van der Waals surface area contributed by atoms with Gasteiger partial charge in [-0.2, -0.15) is 5.26 Å². The van der Waals surface area contributed by atoms with Crippen LogP contribution in [0, 0.1) is 18.3 Å². The molecule has 0 aliphatic carbocycles. The van der Waals surface area contributed by atoms with Crippen LogP contribution in [0.4, 0.5) is 8.78 Å². The fourth-order valence-electron chi connectivity index (χ4n) is 1.15. The molecule has 0 saturated carbocycles. The van der Waals surface area contributed by atoms with Crippen LogP contribution in [-0.2, 0) is 6.61 Å². The molecule has 3 nitrogen and oxygen atoms in total. The Hall–Kier alpha value is -1.54. The van der Waals surface area contributed by atoms with Gasteiger partial charge in [-0.3, -0.25) is 4.98 Å². The van der Waals surface area contributed by atoms with Crippen molar-refractivity contribution < 1.29 is 13.9 Å². The van der Waals surface area contributed by atoms with Crippen molar-refractivity contribution in [3.05, 3.63) is 28.6 Å². The Morgan fingerprint density at radius 2 is 2.29 bits per heavy atom. The number of aromatic nitrogens is 1.